The lowest BCUT2D eigenvalue weighted by Crippen LogP contribution is -2.20. The lowest BCUT2D eigenvalue weighted by Gasteiger charge is -2.14. The minimum absolute atomic E-state index is 0.0196. The van der Waals surface area contributed by atoms with Crippen LogP contribution in [0.25, 0.3) is 11.1 Å². The van der Waals surface area contributed by atoms with Gasteiger partial charge in [-0.1, -0.05) is 18.6 Å². The van der Waals surface area contributed by atoms with Crippen LogP contribution in [0.3, 0.4) is 0 Å². The largest absolute Gasteiger partial charge is 0.497 e. The number of nitrogens with one attached hydrogen (secondary N) is 2. The van der Waals surface area contributed by atoms with E-state index in [0.29, 0.717) is 42.0 Å². The van der Waals surface area contributed by atoms with E-state index in [1.165, 1.54) is 26.2 Å². The van der Waals surface area contributed by atoms with Gasteiger partial charge in [0.05, 0.1) is 7.11 Å². The van der Waals surface area contributed by atoms with E-state index in [2.05, 4.69) is 15.4 Å². The number of unbranched alkanes of at least 4 members (excludes halogenated alkanes) is 2. The van der Waals surface area contributed by atoms with Crippen molar-refractivity contribution in [1.29, 1.82) is 0 Å². The number of ether oxygens (including phenoxy) is 2. The van der Waals surface area contributed by atoms with Crippen LogP contribution in [0.15, 0.2) is 42.5 Å². The van der Waals surface area contributed by atoms with Crippen LogP contribution in [0.1, 0.15) is 32.6 Å². The molecule has 0 aliphatic carbocycles. The van der Waals surface area contributed by atoms with E-state index in [4.69, 9.17) is 4.74 Å². The van der Waals surface area contributed by atoms with Crippen molar-refractivity contribution in [3.63, 3.8) is 0 Å². The van der Waals surface area contributed by atoms with Gasteiger partial charge in [-0.2, -0.15) is 8.78 Å². The maximum Gasteiger partial charge on any atom is 0.387 e. The second-order valence-electron chi connectivity index (χ2n) is 6.66. The molecule has 162 valence electrons. The SMILES string of the molecule is COc1ccc(-c2cc(NC(=O)CCCCCNC(C)=O)ccc2OC(F)F)cc1. The molecule has 2 aromatic rings. The number of carbonyl (C=O) groups is 2. The molecule has 2 rings (SSSR count). The lowest BCUT2D eigenvalue weighted by atomic mass is 10.0. The standard InChI is InChI=1S/C22H26F2N2O4/c1-15(27)25-13-5-3-4-6-21(28)26-17-9-12-20(30-22(23)24)19(14-17)16-7-10-18(29-2)11-8-16/h7-12,14,22H,3-6,13H2,1-2H3,(H,25,27)(H,26,28). The first kappa shape index (κ1) is 23.1. The van der Waals surface area contributed by atoms with Crippen LogP contribution in [0.2, 0.25) is 0 Å². The zero-order chi connectivity index (χ0) is 21.9. The maximum atomic E-state index is 12.8. The number of carbonyl (C=O) groups excluding carboxylic acids is 2. The van der Waals surface area contributed by atoms with Gasteiger partial charge in [0.2, 0.25) is 11.8 Å². The Morgan fingerprint density at radius 2 is 1.77 bits per heavy atom. The van der Waals surface area contributed by atoms with Crippen LogP contribution in [-0.2, 0) is 9.59 Å². The monoisotopic (exact) mass is 420 g/mol. The summed E-state index contributed by atoms with van der Waals surface area (Å²) >= 11 is 0. The van der Waals surface area contributed by atoms with Gasteiger partial charge in [-0.3, -0.25) is 9.59 Å². The maximum absolute atomic E-state index is 12.8. The van der Waals surface area contributed by atoms with Gasteiger partial charge >= 0.3 is 6.61 Å². The molecule has 2 aromatic carbocycles. The fraction of sp³-hybridized carbons (Fsp3) is 0.364. The summed E-state index contributed by atoms with van der Waals surface area (Å²) in [6.45, 7) is -0.904. The molecule has 0 aromatic heterocycles. The summed E-state index contributed by atoms with van der Waals surface area (Å²) in [6, 6.07) is 11.4. The Morgan fingerprint density at radius 1 is 1.03 bits per heavy atom. The van der Waals surface area contributed by atoms with E-state index in [1.54, 1.807) is 30.3 Å². The quantitative estimate of drug-likeness (QED) is 0.521. The first-order chi connectivity index (χ1) is 14.4. The number of halogens is 2. The molecule has 0 radical (unpaired) electrons. The fourth-order valence-electron chi connectivity index (χ4n) is 2.88. The highest BCUT2D eigenvalue weighted by atomic mass is 19.3. The number of rotatable bonds is 11. The smallest absolute Gasteiger partial charge is 0.387 e. The van der Waals surface area contributed by atoms with E-state index in [9.17, 15) is 18.4 Å². The molecule has 0 aliphatic rings. The van der Waals surface area contributed by atoms with E-state index in [0.717, 1.165) is 12.8 Å². The third kappa shape index (κ3) is 7.69. The Morgan fingerprint density at radius 3 is 2.40 bits per heavy atom. The van der Waals surface area contributed by atoms with Gasteiger partial charge in [-0.05, 0) is 48.7 Å². The van der Waals surface area contributed by atoms with Crippen molar-refractivity contribution in [2.75, 3.05) is 19.0 Å². The highest BCUT2D eigenvalue weighted by molar-refractivity contribution is 5.92. The predicted octanol–water partition coefficient (Wildman–Crippen LogP) is 4.60. The summed E-state index contributed by atoms with van der Waals surface area (Å²) in [5.74, 6) is 0.418. The third-order valence-corrected chi connectivity index (χ3v) is 4.33. The first-order valence-electron chi connectivity index (χ1n) is 9.66. The van der Waals surface area contributed by atoms with Crippen LogP contribution in [0.5, 0.6) is 11.5 Å². The Labute approximate surface area is 174 Å². The number of hydrogen-bond acceptors (Lipinski definition) is 4. The van der Waals surface area contributed by atoms with Gasteiger partial charge in [0, 0.05) is 31.1 Å². The van der Waals surface area contributed by atoms with Crippen molar-refractivity contribution in [2.45, 2.75) is 39.2 Å². The first-order valence-corrected chi connectivity index (χ1v) is 9.66. The molecule has 0 atom stereocenters. The summed E-state index contributed by atoms with van der Waals surface area (Å²) in [7, 11) is 1.54. The highest BCUT2D eigenvalue weighted by Crippen LogP contribution is 2.34. The van der Waals surface area contributed by atoms with Crippen molar-refractivity contribution in [3.05, 3.63) is 42.5 Å². The topological polar surface area (TPSA) is 76.7 Å². The van der Waals surface area contributed by atoms with Gasteiger partial charge in [0.25, 0.3) is 0 Å². The molecule has 6 nitrogen and oxygen atoms in total. The van der Waals surface area contributed by atoms with Gasteiger partial charge < -0.3 is 20.1 Å². The number of benzene rings is 2. The van der Waals surface area contributed by atoms with Crippen molar-refractivity contribution in [1.82, 2.24) is 5.32 Å². The summed E-state index contributed by atoms with van der Waals surface area (Å²) in [6.07, 6.45) is 2.62. The Hall–Kier alpha value is -3.16. The summed E-state index contributed by atoms with van der Waals surface area (Å²) in [5.41, 5.74) is 1.58. The number of amides is 2. The van der Waals surface area contributed by atoms with Crippen LogP contribution < -0.4 is 20.1 Å². The number of anilines is 1. The van der Waals surface area contributed by atoms with Crippen LogP contribution in [0.4, 0.5) is 14.5 Å². The van der Waals surface area contributed by atoms with Crippen LogP contribution in [-0.4, -0.2) is 32.1 Å². The summed E-state index contributed by atoms with van der Waals surface area (Å²) in [4.78, 5) is 23.0. The highest BCUT2D eigenvalue weighted by Gasteiger charge is 2.13. The normalized spacial score (nSPS) is 10.6. The van der Waals surface area contributed by atoms with Crippen LogP contribution >= 0.6 is 0 Å². The molecule has 8 heteroatoms. The zero-order valence-electron chi connectivity index (χ0n) is 17.0. The second-order valence-corrected chi connectivity index (χ2v) is 6.66. The zero-order valence-corrected chi connectivity index (χ0v) is 17.0. The predicted molar refractivity (Wildman–Crippen MR) is 111 cm³/mol. The molecule has 0 aliphatic heterocycles. The van der Waals surface area contributed by atoms with Crippen molar-refractivity contribution >= 4 is 17.5 Å². The molecule has 0 bridgehead atoms. The van der Waals surface area contributed by atoms with E-state index in [1.807, 2.05) is 0 Å². The third-order valence-electron chi connectivity index (χ3n) is 4.33. The van der Waals surface area contributed by atoms with Gasteiger partial charge in [0.1, 0.15) is 11.5 Å². The Balaban J connectivity index is 2.02. The van der Waals surface area contributed by atoms with Crippen molar-refractivity contribution in [2.24, 2.45) is 0 Å². The average Bonchev–Trinajstić information content (AvgIpc) is 2.71. The van der Waals surface area contributed by atoms with Gasteiger partial charge in [-0.25, -0.2) is 0 Å². The minimum atomic E-state index is -2.96. The molecule has 0 saturated heterocycles. The molecule has 0 heterocycles. The van der Waals surface area contributed by atoms with Crippen molar-refractivity contribution in [3.8, 4) is 22.6 Å². The summed E-state index contributed by atoms with van der Waals surface area (Å²) in [5, 5.41) is 5.50. The molecule has 0 saturated carbocycles. The molecule has 0 spiro atoms. The van der Waals surface area contributed by atoms with E-state index >= 15 is 0 Å². The Kier molecular flexibility index (Phi) is 9.05. The molecule has 2 N–H and O–H groups in total. The number of methoxy groups -OCH3 is 1. The van der Waals surface area contributed by atoms with Crippen molar-refractivity contribution < 1.29 is 27.8 Å². The van der Waals surface area contributed by atoms with E-state index < -0.39 is 6.61 Å². The minimum Gasteiger partial charge on any atom is -0.497 e. The molecular weight excluding hydrogens is 394 g/mol. The second kappa shape index (κ2) is 11.7. The Bertz CT molecular complexity index is 842. The molecular formula is C22H26F2N2O4. The van der Waals surface area contributed by atoms with E-state index in [-0.39, 0.29) is 17.6 Å². The number of alkyl halides is 2. The summed E-state index contributed by atoms with van der Waals surface area (Å²) < 4.78 is 35.3. The average molecular weight is 420 g/mol. The fourth-order valence-corrected chi connectivity index (χ4v) is 2.88. The van der Waals surface area contributed by atoms with Gasteiger partial charge in [0.15, 0.2) is 0 Å². The molecule has 2 amide bonds. The molecule has 0 fully saturated rings. The van der Waals surface area contributed by atoms with Gasteiger partial charge in [-0.15, -0.1) is 0 Å². The molecule has 0 unspecified atom stereocenters. The molecule has 30 heavy (non-hydrogen) atoms. The lowest BCUT2D eigenvalue weighted by molar-refractivity contribution is -0.119. The number of hydrogen-bond donors (Lipinski definition) is 2. The van der Waals surface area contributed by atoms with Crippen LogP contribution in [0, 0.1) is 0 Å².